The van der Waals surface area contributed by atoms with Crippen molar-refractivity contribution in [3.63, 3.8) is 0 Å². The van der Waals surface area contributed by atoms with Gasteiger partial charge >= 0.3 is 0 Å². The van der Waals surface area contributed by atoms with Gasteiger partial charge in [0.05, 0.1) is 6.20 Å². The first-order chi connectivity index (χ1) is 13.1. The molecule has 1 aromatic carbocycles. The minimum Gasteiger partial charge on any atom is -0.339 e. The number of hydrogen-bond donors (Lipinski definition) is 1. The molecule has 1 amide bonds. The van der Waals surface area contributed by atoms with Gasteiger partial charge in [-0.1, -0.05) is 12.1 Å². The molecule has 0 aliphatic carbocycles. The topological polar surface area (TPSA) is 62.5 Å². The zero-order chi connectivity index (χ0) is 18.8. The van der Waals surface area contributed by atoms with Gasteiger partial charge in [0.25, 0.3) is 5.91 Å². The average molecular weight is 363 g/mol. The fourth-order valence-corrected chi connectivity index (χ4v) is 3.73. The molecule has 1 aliphatic heterocycles. The van der Waals surface area contributed by atoms with E-state index >= 15 is 0 Å². The van der Waals surface area contributed by atoms with E-state index in [1.54, 1.807) is 6.20 Å². The van der Waals surface area contributed by atoms with Gasteiger partial charge in [-0.25, -0.2) is 9.50 Å². The van der Waals surface area contributed by atoms with Gasteiger partial charge in [-0.2, -0.15) is 5.10 Å². The molecule has 27 heavy (non-hydrogen) atoms. The van der Waals surface area contributed by atoms with Gasteiger partial charge in [0.15, 0.2) is 5.65 Å². The summed E-state index contributed by atoms with van der Waals surface area (Å²) < 4.78 is 1.86. The van der Waals surface area contributed by atoms with Crippen LogP contribution >= 0.6 is 0 Å². The summed E-state index contributed by atoms with van der Waals surface area (Å²) in [5.74, 6) is 0.145. The minimum atomic E-state index is 0.129. The maximum atomic E-state index is 12.6. The Labute approximate surface area is 159 Å². The van der Waals surface area contributed by atoms with Crippen molar-refractivity contribution in [2.75, 3.05) is 13.1 Å². The van der Waals surface area contributed by atoms with Crippen molar-refractivity contribution in [3.05, 3.63) is 65.1 Å². The minimum absolute atomic E-state index is 0.129. The molecule has 6 nitrogen and oxygen atoms in total. The smallest absolute Gasteiger partial charge is 0.253 e. The van der Waals surface area contributed by atoms with Gasteiger partial charge in [-0.3, -0.25) is 4.79 Å². The Hall–Kier alpha value is -2.73. The lowest BCUT2D eigenvalue weighted by Crippen LogP contribution is -2.27. The number of likely N-dealkylation sites (tertiary alicyclic amines) is 1. The van der Waals surface area contributed by atoms with Crippen molar-refractivity contribution in [3.8, 4) is 0 Å². The first kappa shape index (κ1) is 17.7. The monoisotopic (exact) mass is 363 g/mol. The second-order valence-corrected chi connectivity index (χ2v) is 7.20. The molecule has 0 saturated carbocycles. The SMILES string of the molecule is Cc1c(C(C)NCc2cccc(C(=O)N3CCCC3)c2)cnc2ccnn12. The molecule has 1 N–H and O–H groups in total. The molecule has 3 heterocycles. The van der Waals surface area contributed by atoms with Crippen LogP contribution in [0.1, 0.15) is 53.0 Å². The molecule has 1 atom stereocenters. The maximum Gasteiger partial charge on any atom is 0.253 e. The largest absolute Gasteiger partial charge is 0.339 e. The number of aryl methyl sites for hydroxylation is 1. The summed E-state index contributed by atoms with van der Waals surface area (Å²) in [4.78, 5) is 19.0. The molecule has 1 fully saturated rings. The quantitative estimate of drug-likeness (QED) is 0.756. The third-order valence-corrected chi connectivity index (χ3v) is 5.34. The molecular weight excluding hydrogens is 338 g/mol. The van der Waals surface area contributed by atoms with Crippen molar-refractivity contribution in [2.24, 2.45) is 0 Å². The number of nitrogens with one attached hydrogen (secondary N) is 1. The number of carbonyl (C=O) groups excluding carboxylic acids is 1. The molecule has 0 bridgehead atoms. The van der Waals surface area contributed by atoms with Crippen LogP contribution in [0, 0.1) is 6.92 Å². The maximum absolute atomic E-state index is 12.6. The normalized spacial score (nSPS) is 15.4. The van der Waals surface area contributed by atoms with E-state index in [0.717, 1.165) is 54.0 Å². The van der Waals surface area contributed by atoms with Crippen LogP contribution < -0.4 is 5.32 Å². The summed E-state index contributed by atoms with van der Waals surface area (Å²) >= 11 is 0. The lowest BCUT2D eigenvalue weighted by molar-refractivity contribution is 0.0792. The third kappa shape index (κ3) is 3.57. The number of aromatic nitrogens is 3. The van der Waals surface area contributed by atoms with Crippen molar-refractivity contribution in [1.82, 2.24) is 24.8 Å². The Morgan fingerprint density at radius 1 is 1.26 bits per heavy atom. The highest BCUT2D eigenvalue weighted by molar-refractivity contribution is 5.94. The summed E-state index contributed by atoms with van der Waals surface area (Å²) in [5.41, 5.74) is 4.95. The Bertz CT molecular complexity index is 958. The lowest BCUT2D eigenvalue weighted by atomic mass is 10.1. The van der Waals surface area contributed by atoms with Crippen LogP contribution in [0.3, 0.4) is 0 Å². The second kappa shape index (κ2) is 7.48. The van der Waals surface area contributed by atoms with Crippen molar-refractivity contribution >= 4 is 11.6 Å². The highest BCUT2D eigenvalue weighted by Crippen LogP contribution is 2.19. The predicted molar refractivity (Wildman–Crippen MR) is 105 cm³/mol. The van der Waals surface area contributed by atoms with E-state index in [1.165, 1.54) is 0 Å². The van der Waals surface area contributed by atoms with Crippen LogP contribution in [-0.4, -0.2) is 38.5 Å². The van der Waals surface area contributed by atoms with Crippen molar-refractivity contribution in [1.29, 1.82) is 0 Å². The summed E-state index contributed by atoms with van der Waals surface area (Å²) in [6, 6.07) is 9.97. The first-order valence-corrected chi connectivity index (χ1v) is 9.54. The summed E-state index contributed by atoms with van der Waals surface area (Å²) in [6.45, 7) is 6.63. The highest BCUT2D eigenvalue weighted by atomic mass is 16.2. The fraction of sp³-hybridized carbons (Fsp3) is 0.381. The molecule has 4 rings (SSSR count). The van der Waals surface area contributed by atoms with Gasteiger partial charge in [-0.05, 0) is 44.4 Å². The number of rotatable bonds is 5. The molecule has 2 aromatic heterocycles. The molecule has 0 spiro atoms. The number of carbonyl (C=O) groups is 1. The Balaban J connectivity index is 1.45. The zero-order valence-corrected chi connectivity index (χ0v) is 15.9. The standard InChI is InChI=1S/C21H25N5O/c1-15(19-14-23-20-8-9-24-26(20)16(19)2)22-13-17-6-5-7-18(12-17)21(27)25-10-3-4-11-25/h5-9,12,14-15,22H,3-4,10-11,13H2,1-2H3. The van der Waals surface area contributed by atoms with E-state index in [1.807, 2.05) is 39.9 Å². The molecule has 1 saturated heterocycles. The van der Waals surface area contributed by atoms with Crippen LogP contribution in [0.4, 0.5) is 0 Å². The molecule has 3 aromatic rings. The molecule has 1 aliphatic rings. The van der Waals surface area contributed by atoms with E-state index in [4.69, 9.17) is 0 Å². The van der Waals surface area contributed by atoms with Crippen LogP contribution in [0.2, 0.25) is 0 Å². The Morgan fingerprint density at radius 3 is 2.89 bits per heavy atom. The van der Waals surface area contributed by atoms with E-state index in [0.29, 0.717) is 6.54 Å². The van der Waals surface area contributed by atoms with Crippen LogP contribution in [-0.2, 0) is 6.54 Å². The van der Waals surface area contributed by atoms with Gasteiger partial charge in [0, 0.05) is 54.8 Å². The number of fused-ring (bicyclic) bond motifs is 1. The summed E-state index contributed by atoms with van der Waals surface area (Å²) in [7, 11) is 0. The van der Waals surface area contributed by atoms with Crippen LogP contribution in [0.15, 0.2) is 42.7 Å². The van der Waals surface area contributed by atoms with E-state index in [-0.39, 0.29) is 11.9 Å². The second-order valence-electron chi connectivity index (χ2n) is 7.20. The fourth-order valence-electron chi connectivity index (χ4n) is 3.73. The van der Waals surface area contributed by atoms with Crippen molar-refractivity contribution < 1.29 is 4.79 Å². The van der Waals surface area contributed by atoms with Gasteiger partial charge in [0.2, 0.25) is 0 Å². The molecular formula is C21H25N5O. The van der Waals surface area contributed by atoms with Crippen LogP contribution in [0.5, 0.6) is 0 Å². The molecule has 6 heteroatoms. The first-order valence-electron chi connectivity index (χ1n) is 9.54. The number of benzene rings is 1. The molecule has 1 unspecified atom stereocenters. The average Bonchev–Trinajstić information content (AvgIpc) is 3.38. The number of nitrogens with zero attached hydrogens (tertiary/aromatic N) is 4. The van der Waals surface area contributed by atoms with E-state index < -0.39 is 0 Å². The Morgan fingerprint density at radius 2 is 2.07 bits per heavy atom. The van der Waals surface area contributed by atoms with Gasteiger partial charge < -0.3 is 10.2 Å². The summed E-state index contributed by atoms with van der Waals surface area (Å²) in [6.07, 6.45) is 5.90. The Kier molecular flexibility index (Phi) is 4.90. The van der Waals surface area contributed by atoms with Crippen molar-refractivity contribution in [2.45, 2.75) is 39.3 Å². The number of amides is 1. The number of hydrogen-bond acceptors (Lipinski definition) is 4. The third-order valence-electron chi connectivity index (χ3n) is 5.34. The molecule has 0 radical (unpaired) electrons. The van der Waals surface area contributed by atoms with E-state index in [9.17, 15) is 4.79 Å². The van der Waals surface area contributed by atoms with Crippen LogP contribution in [0.25, 0.3) is 5.65 Å². The zero-order valence-electron chi connectivity index (χ0n) is 15.9. The van der Waals surface area contributed by atoms with Gasteiger partial charge in [0.1, 0.15) is 0 Å². The highest BCUT2D eigenvalue weighted by Gasteiger charge is 2.19. The summed E-state index contributed by atoms with van der Waals surface area (Å²) in [5, 5.41) is 7.88. The molecule has 140 valence electrons. The predicted octanol–water partition coefficient (Wildman–Crippen LogP) is 3.12. The lowest BCUT2D eigenvalue weighted by Gasteiger charge is -2.18. The van der Waals surface area contributed by atoms with E-state index in [2.05, 4.69) is 35.3 Å². The van der Waals surface area contributed by atoms with Gasteiger partial charge in [-0.15, -0.1) is 0 Å².